The zero-order chi connectivity index (χ0) is 14.3. The zero-order valence-corrected chi connectivity index (χ0v) is 12.3. The maximum atomic E-state index is 11.8. The highest BCUT2D eigenvalue weighted by Crippen LogP contribution is 2.39. The van der Waals surface area contributed by atoms with Gasteiger partial charge in [-0.3, -0.25) is 5.01 Å². The summed E-state index contributed by atoms with van der Waals surface area (Å²) in [6, 6.07) is 0.349. The first-order valence-electron chi connectivity index (χ1n) is 7.36. The number of nitrogens with one attached hydrogen (secondary N) is 2. The summed E-state index contributed by atoms with van der Waals surface area (Å²) in [7, 11) is 0. The minimum Gasteiger partial charge on any atom is -0.367 e. The molecule has 0 bridgehead atoms. The summed E-state index contributed by atoms with van der Waals surface area (Å²) in [6.45, 7) is 7.54. The molecule has 0 aromatic rings. The molecule has 0 amide bonds. The number of hydrogen-bond donors (Lipinski definition) is 2. The lowest BCUT2D eigenvalue weighted by atomic mass is 9.75. The van der Waals surface area contributed by atoms with Gasteiger partial charge in [-0.25, -0.2) is 5.43 Å². The lowest BCUT2D eigenvalue weighted by Gasteiger charge is -2.44. The Hall–Kier alpha value is -1.62. The molecule has 0 radical (unpaired) electrons. The quantitative estimate of drug-likeness (QED) is 0.750. The fraction of sp³-hybridized carbons (Fsp3) is 0.600. The monoisotopic (exact) mass is 275 g/mol. The lowest BCUT2D eigenvalue weighted by Crippen LogP contribution is -2.57. The largest absolute Gasteiger partial charge is 0.367 e. The molecule has 0 aromatic heterocycles. The Balaban J connectivity index is 1.98. The van der Waals surface area contributed by atoms with Gasteiger partial charge in [0.05, 0.1) is 0 Å². The number of piperidine rings is 1. The van der Waals surface area contributed by atoms with E-state index in [4.69, 9.17) is 0 Å². The number of nitrogens with zero attached hydrogens (tertiary/aromatic N) is 2. The van der Waals surface area contributed by atoms with Crippen molar-refractivity contribution in [2.45, 2.75) is 33.0 Å². The average molecular weight is 275 g/mol. The molecule has 3 atom stereocenters. The van der Waals surface area contributed by atoms with Crippen LogP contribution in [0.3, 0.4) is 0 Å². The molecule has 1 saturated heterocycles. The molecule has 1 fully saturated rings. The molecule has 2 N–H and O–H groups in total. The number of rotatable bonds is 2. The molecule has 0 spiro atoms. The number of allylic oxidation sites excluding steroid dienone is 2. The average Bonchev–Trinajstić information content (AvgIpc) is 2.37. The predicted molar refractivity (Wildman–Crippen MR) is 78.4 cm³/mol. The van der Waals surface area contributed by atoms with Crippen LogP contribution in [-0.4, -0.2) is 35.1 Å². The third-order valence-corrected chi connectivity index (χ3v) is 4.12. The second-order valence-corrected chi connectivity index (χ2v) is 6.27. The van der Waals surface area contributed by atoms with E-state index in [2.05, 4.69) is 54.9 Å². The first kappa shape index (κ1) is 13.4. The second-order valence-electron chi connectivity index (χ2n) is 6.27. The Kier molecular flexibility index (Phi) is 3.38. The highest BCUT2D eigenvalue weighted by Gasteiger charge is 2.44. The van der Waals surface area contributed by atoms with Crippen molar-refractivity contribution in [2.75, 3.05) is 13.1 Å². The summed E-state index contributed by atoms with van der Waals surface area (Å²) < 4.78 is 1.17. The molecular weight excluding hydrogens is 252 g/mol. The van der Waals surface area contributed by atoms with Gasteiger partial charge in [-0.15, -0.1) is 0 Å². The standard InChI is InChI=1S/C15H23N4O/c1-10(2)17-19-9-12-8-18(20)7-11(3)14(12)13-5-4-6-16-15(13)19/h4-6,9-11,14-17H,7-8H2,1-3H3/q+1. The minimum absolute atomic E-state index is 0.150. The second kappa shape index (κ2) is 5.05. The minimum atomic E-state index is 0.150. The fourth-order valence-corrected chi connectivity index (χ4v) is 3.49. The van der Waals surface area contributed by atoms with Crippen LogP contribution in [-0.2, 0) is 0 Å². The van der Waals surface area contributed by atoms with Crippen LogP contribution in [0.1, 0.15) is 20.8 Å². The molecule has 3 unspecified atom stereocenters. The van der Waals surface area contributed by atoms with Crippen molar-refractivity contribution in [1.29, 1.82) is 0 Å². The Labute approximate surface area is 119 Å². The SMILES string of the molecule is CC(C)NN1C=C2C[N+](=O)CC(C)C2C2=CC=CNC21. The Morgan fingerprint density at radius 3 is 3.05 bits per heavy atom. The van der Waals surface area contributed by atoms with E-state index in [1.54, 1.807) is 0 Å². The summed E-state index contributed by atoms with van der Waals surface area (Å²) in [5, 5.41) is 5.53. The summed E-state index contributed by atoms with van der Waals surface area (Å²) >= 11 is 0. The van der Waals surface area contributed by atoms with Gasteiger partial charge in [0.2, 0.25) is 6.54 Å². The molecule has 20 heavy (non-hydrogen) atoms. The van der Waals surface area contributed by atoms with E-state index in [1.165, 1.54) is 15.9 Å². The van der Waals surface area contributed by atoms with Crippen molar-refractivity contribution in [2.24, 2.45) is 11.8 Å². The Bertz CT molecular complexity index is 506. The molecule has 108 valence electrons. The van der Waals surface area contributed by atoms with Crippen LogP contribution in [0.25, 0.3) is 0 Å². The number of dihydropyridines is 1. The number of hydrazine groups is 1. The molecule has 3 aliphatic heterocycles. The van der Waals surface area contributed by atoms with Gasteiger partial charge in [-0.1, -0.05) is 13.0 Å². The normalized spacial score (nSPS) is 32.3. The smallest absolute Gasteiger partial charge is 0.215 e. The number of nitroso groups, excluding NO2 is 1. The van der Waals surface area contributed by atoms with Crippen LogP contribution in [0.2, 0.25) is 0 Å². The molecule has 5 nitrogen and oxygen atoms in total. The first-order chi connectivity index (χ1) is 9.56. The third kappa shape index (κ3) is 2.26. The maximum absolute atomic E-state index is 11.8. The van der Waals surface area contributed by atoms with E-state index in [0.29, 0.717) is 31.0 Å². The molecule has 3 rings (SSSR count). The summed E-state index contributed by atoms with van der Waals surface area (Å²) in [6.07, 6.45) is 8.51. The van der Waals surface area contributed by atoms with E-state index in [-0.39, 0.29) is 6.17 Å². The van der Waals surface area contributed by atoms with Gasteiger partial charge in [0.25, 0.3) is 0 Å². The van der Waals surface area contributed by atoms with E-state index in [9.17, 15) is 4.91 Å². The van der Waals surface area contributed by atoms with Crippen LogP contribution >= 0.6 is 0 Å². The van der Waals surface area contributed by atoms with Gasteiger partial charge in [0, 0.05) is 39.3 Å². The van der Waals surface area contributed by atoms with Gasteiger partial charge in [-0.2, -0.15) is 0 Å². The van der Waals surface area contributed by atoms with Gasteiger partial charge in [0.15, 0.2) is 6.54 Å². The van der Waals surface area contributed by atoms with Gasteiger partial charge < -0.3 is 5.32 Å². The van der Waals surface area contributed by atoms with Crippen molar-refractivity contribution in [3.05, 3.63) is 40.6 Å². The van der Waals surface area contributed by atoms with E-state index >= 15 is 0 Å². The Morgan fingerprint density at radius 1 is 1.50 bits per heavy atom. The number of fused-ring (bicyclic) bond motifs is 3. The molecule has 0 saturated carbocycles. The summed E-state index contributed by atoms with van der Waals surface area (Å²) in [4.78, 5) is 11.8. The van der Waals surface area contributed by atoms with Crippen molar-refractivity contribution in [3.8, 4) is 0 Å². The van der Waals surface area contributed by atoms with Gasteiger partial charge >= 0.3 is 0 Å². The van der Waals surface area contributed by atoms with E-state index in [1.807, 2.05) is 6.20 Å². The van der Waals surface area contributed by atoms with Crippen LogP contribution in [0.15, 0.2) is 35.7 Å². The van der Waals surface area contributed by atoms with Crippen molar-refractivity contribution >= 4 is 0 Å². The molecule has 0 aliphatic carbocycles. The molecular formula is C15H23N4O+. The Morgan fingerprint density at radius 2 is 2.30 bits per heavy atom. The van der Waals surface area contributed by atoms with E-state index in [0.717, 1.165) is 0 Å². The van der Waals surface area contributed by atoms with E-state index < -0.39 is 0 Å². The maximum Gasteiger partial charge on any atom is 0.215 e. The van der Waals surface area contributed by atoms with Crippen LogP contribution in [0, 0.1) is 16.7 Å². The highest BCUT2D eigenvalue weighted by atomic mass is 16.3. The molecule has 3 aliphatic rings. The molecule has 0 aromatic carbocycles. The van der Waals surface area contributed by atoms with Crippen molar-refractivity contribution in [1.82, 2.24) is 15.8 Å². The van der Waals surface area contributed by atoms with Crippen LogP contribution in [0.4, 0.5) is 0 Å². The lowest BCUT2D eigenvalue weighted by molar-refractivity contribution is -0.557. The molecule has 5 heteroatoms. The first-order valence-corrected chi connectivity index (χ1v) is 7.36. The van der Waals surface area contributed by atoms with Crippen molar-refractivity contribution in [3.63, 3.8) is 0 Å². The van der Waals surface area contributed by atoms with Crippen LogP contribution < -0.4 is 10.7 Å². The van der Waals surface area contributed by atoms with Crippen molar-refractivity contribution < 1.29 is 4.76 Å². The molecule has 3 heterocycles. The summed E-state index contributed by atoms with van der Waals surface area (Å²) in [5.74, 6) is 0.739. The van der Waals surface area contributed by atoms with Gasteiger partial charge in [0.1, 0.15) is 6.17 Å². The predicted octanol–water partition coefficient (Wildman–Crippen LogP) is 1.51. The fourth-order valence-electron chi connectivity index (χ4n) is 3.49. The van der Waals surface area contributed by atoms with Gasteiger partial charge in [-0.05, 0) is 31.7 Å². The number of hydrogen-bond acceptors (Lipinski definition) is 4. The van der Waals surface area contributed by atoms with Crippen LogP contribution in [0.5, 0.6) is 0 Å². The third-order valence-electron chi connectivity index (χ3n) is 4.12. The summed E-state index contributed by atoms with van der Waals surface area (Å²) in [5.41, 5.74) is 6.02. The highest BCUT2D eigenvalue weighted by molar-refractivity contribution is 5.36. The zero-order valence-electron chi connectivity index (χ0n) is 12.3. The topological polar surface area (TPSA) is 47.4 Å².